The fourth-order valence-corrected chi connectivity index (χ4v) is 1.81. The number of ether oxygens (including phenoxy) is 1. The number of hydrogen-bond donors (Lipinski definition) is 1. The van der Waals surface area contributed by atoms with Crippen LogP contribution < -0.4 is 11.2 Å². The smallest absolute Gasteiger partial charge is 0.330 e. The summed E-state index contributed by atoms with van der Waals surface area (Å²) in [5.74, 6) is 0. The molecule has 2 rings (SSSR count). The first-order valence-corrected chi connectivity index (χ1v) is 5.34. The van der Waals surface area contributed by atoms with Crippen molar-refractivity contribution < 1.29 is 9.57 Å². The second-order valence-corrected chi connectivity index (χ2v) is 3.77. The highest BCUT2D eigenvalue weighted by atomic mass is 16.7. The first kappa shape index (κ1) is 12.2. The molecule has 9 heteroatoms. The summed E-state index contributed by atoms with van der Waals surface area (Å²) in [6.45, 7) is 0.138. The molecule has 1 aliphatic rings. The second kappa shape index (κ2) is 5.39. The van der Waals surface area contributed by atoms with Gasteiger partial charge in [-0.1, -0.05) is 0 Å². The van der Waals surface area contributed by atoms with Crippen LogP contribution in [0.1, 0.15) is 19.1 Å². The Bertz CT molecular complexity index is 573. The molecule has 0 aromatic carbocycles. The molecule has 0 radical (unpaired) electrons. The van der Waals surface area contributed by atoms with Gasteiger partial charge in [-0.05, 0) is 18.4 Å². The molecule has 0 amide bonds. The molecular formula is C9H11N5O4. The number of nitrogens with one attached hydrogen (secondary N) is 1. The highest BCUT2D eigenvalue weighted by Gasteiger charge is 2.27. The van der Waals surface area contributed by atoms with Crippen molar-refractivity contribution in [3.05, 3.63) is 43.5 Å². The van der Waals surface area contributed by atoms with E-state index in [-0.39, 0.29) is 12.7 Å². The Morgan fingerprint density at radius 3 is 3.17 bits per heavy atom. The lowest BCUT2D eigenvalue weighted by molar-refractivity contribution is -0.0431. The molecule has 1 N–H and O–H groups in total. The van der Waals surface area contributed by atoms with Crippen LogP contribution in [0.5, 0.6) is 0 Å². The molecular weight excluding hydrogens is 242 g/mol. The van der Waals surface area contributed by atoms with Crippen molar-refractivity contribution in [1.82, 2.24) is 9.55 Å². The monoisotopic (exact) mass is 253 g/mol. The zero-order valence-electron chi connectivity index (χ0n) is 9.35. The van der Waals surface area contributed by atoms with E-state index in [9.17, 15) is 9.59 Å². The first-order valence-electron chi connectivity index (χ1n) is 5.34. The van der Waals surface area contributed by atoms with Gasteiger partial charge in [0.05, 0.1) is 6.10 Å². The summed E-state index contributed by atoms with van der Waals surface area (Å²) < 4.78 is 6.86. The van der Waals surface area contributed by atoms with Crippen molar-refractivity contribution in [1.29, 1.82) is 0 Å². The quantitative estimate of drug-likeness (QED) is 0.362. The summed E-state index contributed by atoms with van der Waals surface area (Å²) in [4.78, 5) is 31.7. The van der Waals surface area contributed by atoms with Gasteiger partial charge < -0.3 is 9.57 Å². The van der Waals surface area contributed by atoms with E-state index >= 15 is 0 Å². The van der Waals surface area contributed by atoms with Gasteiger partial charge in [0.15, 0.2) is 0 Å². The maximum atomic E-state index is 11.5. The Labute approximate surface area is 101 Å². The van der Waals surface area contributed by atoms with E-state index in [1.165, 1.54) is 16.8 Å². The molecule has 18 heavy (non-hydrogen) atoms. The van der Waals surface area contributed by atoms with Gasteiger partial charge in [0, 0.05) is 17.2 Å². The number of rotatable bonds is 4. The third kappa shape index (κ3) is 2.70. The van der Waals surface area contributed by atoms with Crippen LogP contribution in [0.25, 0.3) is 10.4 Å². The molecule has 0 bridgehead atoms. The molecule has 0 saturated carbocycles. The van der Waals surface area contributed by atoms with Gasteiger partial charge in [-0.15, -0.1) is 0 Å². The van der Waals surface area contributed by atoms with Gasteiger partial charge >= 0.3 is 5.69 Å². The van der Waals surface area contributed by atoms with Crippen LogP contribution in [0.3, 0.4) is 0 Å². The number of aromatic amines is 1. The summed E-state index contributed by atoms with van der Waals surface area (Å²) >= 11 is 0. The Hall–Kier alpha value is -2.25. The van der Waals surface area contributed by atoms with E-state index < -0.39 is 17.5 Å². The van der Waals surface area contributed by atoms with E-state index in [0.717, 1.165) is 0 Å². The van der Waals surface area contributed by atoms with Crippen LogP contribution in [0.2, 0.25) is 0 Å². The van der Waals surface area contributed by atoms with E-state index in [0.29, 0.717) is 12.8 Å². The predicted octanol–water partition coefficient (Wildman–Crippen LogP) is 0.456. The molecule has 9 nitrogen and oxygen atoms in total. The summed E-state index contributed by atoms with van der Waals surface area (Å²) in [5.41, 5.74) is 7.09. The maximum absolute atomic E-state index is 11.5. The lowest BCUT2D eigenvalue weighted by atomic mass is 10.2. The average Bonchev–Trinajstić information content (AvgIpc) is 2.78. The van der Waals surface area contributed by atoms with Gasteiger partial charge in [-0.25, -0.2) is 4.79 Å². The van der Waals surface area contributed by atoms with E-state index in [1.54, 1.807) is 0 Å². The molecule has 1 fully saturated rings. The minimum atomic E-state index is -0.510. The van der Waals surface area contributed by atoms with Gasteiger partial charge in [0.1, 0.15) is 18.1 Å². The van der Waals surface area contributed by atoms with Crippen molar-refractivity contribution in [2.24, 2.45) is 5.28 Å². The van der Waals surface area contributed by atoms with E-state index in [4.69, 9.17) is 10.3 Å². The van der Waals surface area contributed by atoms with Crippen LogP contribution in [0.15, 0.2) is 27.1 Å². The summed E-state index contributed by atoms with van der Waals surface area (Å²) in [6, 6.07) is 1.26. The Morgan fingerprint density at radius 2 is 2.44 bits per heavy atom. The van der Waals surface area contributed by atoms with Crippen LogP contribution in [-0.2, 0) is 9.57 Å². The fraction of sp³-hybridized carbons (Fsp3) is 0.556. The number of H-pyrrole nitrogens is 1. The molecule has 96 valence electrons. The fourth-order valence-electron chi connectivity index (χ4n) is 1.81. The van der Waals surface area contributed by atoms with Crippen LogP contribution in [0, 0.1) is 0 Å². The largest absolute Gasteiger partial charge is 0.431 e. The van der Waals surface area contributed by atoms with Gasteiger partial charge in [0.25, 0.3) is 5.56 Å². The molecule has 2 atom stereocenters. The lowest BCUT2D eigenvalue weighted by Crippen LogP contribution is -2.31. The molecule has 1 aromatic heterocycles. The Morgan fingerprint density at radius 1 is 1.61 bits per heavy atom. The Balaban J connectivity index is 2.02. The standard InChI is InChI=1S/C9H11N5O4/c10-12-13-17-5-6-1-2-8(18-6)14-4-3-7(15)11-9(14)16/h3-4,6,8H,1-2,5H2,(H,11,15,16)/t6-,8+/m0/s1. The minimum absolute atomic E-state index is 0.138. The minimum Gasteiger partial charge on any atom is -0.431 e. The normalized spacial score (nSPS) is 22.4. The second-order valence-electron chi connectivity index (χ2n) is 3.77. The van der Waals surface area contributed by atoms with Gasteiger partial charge in [-0.3, -0.25) is 14.3 Å². The van der Waals surface area contributed by atoms with Crippen LogP contribution in [0.4, 0.5) is 0 Å². The van der Waals surface area contributed by atoms with Crippen molar-refractivity contribution in [2.45, 2.75) is 25.2 Å². The van der Waals surface area contributed by atoms with E-state index in [2.05, 4.69) is 20.0 Å². The molecule has 1 aliphatic heterocycles. The topological polar surface area (TPSA) is 122 Å². The number of hydrogen-bond acceptors (Lipinski definition) is 5. The third-order valence-corrected chi connectivity index (χ3v) is 2.60. The highest BCUT2D eigenvalue weighted by molar-refractivity contribution is 4.85. The number of nitrogens with zero attached hydrogens (tertiary/aromatic N) is 4. The third-order valence-electron chi connectivity index (χ3n) is 2.60. The average molecular weight is 253 g/mol. The predicted molar refractivity (Wildman–Crippen MR) is 59.6 cm³/mol. The summed E-state index contributed by atoms with van der Waals surface area (Å²) in [6.07, 6.45) is 2.02. The van der Waals surface area contributed by atoms with Crippen molar-refractivity contribution >= 4 is 0 Å². The first-order chi connectivity index (χ1) is 8.70. The number of azide groups is 1. The Kier molecular flexibility index (Phi) is 3.66. The van der Waals surface area contributed by atoms with Crippen molar-refractivity contribution in [3.63, 3.8) is 0 Å². The molecule has 0 spiro atoms. The van der Waals surface area contributed by atoms with Crippen LogP contribution in [-0.4, -0.2) is 22.3 Å². The zero-order valence-corrected chi connectivity index (χ0v) is 9.35. The molecule has 2 heterocycles. The zero-order chi connectivity index (χ0) is 13.0. The van der Waals surface area contributed by atoms with E-state index in [1.807, 2.05) is 0 Å². The number of aromatic nitrogens is 2. The summed E-state index contributed by atoms with van der Waals surface area (Å²) in [7, 11) is 0. The SMILES string of the molecule is [N-]=[N+]=NOC[C@@H]1CC[C@H](n2ccc(=O)[nH]c2=O)O1. The van der Waals surface area contributed by atoms with Crippen molar-refractivity contribution in [3.8, 4) is 0 Å². The summed E-state index contributed by atoms with van der Waals surface area (Å²) in [5, 5.41) is 2.95. The lowest BCUT2D eigenvalue weighted by Gasteiger charge is -2.14. The van der Waals surface area contributed by atoms with Gasteiger partial charge in [0.2, 0.25) is 0 Å². The molecule has 0 aliphatic carbocycles. The van der Waals surface area contributed by atoms with Gasteiger partial charge in [-0.2, -0.15) is 0 Å². The maximum Gasteiger partial charge on any atom is 0.330 e. The molecule has 1 saturated heterocycles. The molecule has 0 unspecified atom stereocenters. The highest BCUT2D eigenvalue weighted by Crippen LogP contribution is 2.26. The van der Waals surface area contributed by atoms with Crippen LogP contribution >= 0.6 is 0 Å². The molecule has 1 aromatic rings. The van der Waals surface area contributed by atoms with Crippen molar-refractivity contribution in [2.75, 3.05) is 6.61 Å².